The Kier molecular flexibility index (Phi) is 5.50. The van der Waals surface area contributed by atoms with Gasteiger partial charge in [-0.2, -0.15) is 5.10 Å². The first-order chi connectivity index (χ1) is 9.01. The van der Waals surface area contributed by atoms with E-state index in [1.807, 2.05) is 0 Å². The number of aliphatic hydroxyl groups excluding tert-OH is 1. The monoisotopic (exact) mass is 269 g/mol. The van der Waals surface area contributed by atoms with Crippen molar-refractivity contribution in [3.05, 3.63) is 11.3 Å². The largest absolute Gasteiger partial charge is 0.462 e. The van der Waals surface area contributed by atoms with Crippen LogP contribution in [-0.4, -0.2) is 40.0 Å². The highest BCUT2D eigenvalue weighted by molar-refractivity contribution is 6.01. The summed E-state index contributed by atoms with van der Waals surface area (Å²) in [4.78, 5) is 23.5. The third-order valence-corrected chi connectivity index (χ3v) is 2.52. The zero-order chi connectivity index (χ0) is 14.4. The summed E-state index contributed by atoms with van der Waals surface area (Å²) in [6.45, 7) is 3.59. The molecular formula is C12H19N3O4. The molecule has 0 aliphatic rings. The Morgan fingerprint density at radius 3 is 2.74 bits per heavy atom. The number of hydrogen-bond donors (Lipinski definition) is 2. The summed E-state index contributed by atoms with van der Waals surface area (Å²) in [6.07, 6.45) is 0.556. The first-order valence-electron chi connectivity index (χ1n) is 6.12. The second kappa shape index (κ2) is 6.89. The molecule has 1 aromatic heterocycles. The van der Waals surface area contributed by atoms with Crippen LogP contribution in [0.15, 0.2) is 0 Å². The summed E-state index contributed by atoms with van der Waals surface area (Å²) in [7, 11) is 1.64. The zero-order valence-electron chi connectivity index (χ0n) is 11.4. The fourth-order valence-corrected chi connectivity index (χ4v) is 1.68. The lowest BCUT2D eigenvalue weighted by Gasteiger charge is -2.08. The van der Waals surface area contributed by atoms with Crippen LogP contribution in [0.1, 0.15) is 35.8 Å². The number of esters is 1. The Labute approximate surface area is 111 Å². The van der Waals surface area contributed by atoms with E-state index in [1.54, 1.807) is 20.9 Å². The summed E-state index contributed by atoms with van der Waals surface area (Å²) in [5, 5.41) is 15.4. The van der Waals surface area contributed by atoms with Gasteiger partial charge in [-0.1, -0.05) is 0 Å². The number of hydrogen-bond acceptors (Lipinski definition) is 5. The molecule has 0 aliphatic carbocycles. The summed E-state index contributed by atoms with van der Waals surface area (Å²) in [5.41, 5.74) is 0.764. The Bertz CT molecular complexity index is 468. The average Bonchev–Trinajstić information content (AvgIpc) is 2.62. The Morgan fingerprint density at radius 1 is 1.47 bits per heavy atom. The van der Waals surface area contributed by atoms with Gasteiger partial charge in [0.25, 0.3) is 0 Å². The van der Waals surface area contributed by atoms with Crippen LogP contribution in [0, 0.1) is 6.92 Å². The molecule has 1 amide bonds. The quantitative estimate of drug-likeness (QED) is 0.738. The number of nitrogens with one attached hydrogen (secondary N) is 1. The number of rotatable bonds is 6. The molecule has 106 valence electrons. The minimum absolute atomic E-state index is 0.0530. The first kappa shape index (κ1) is 15.2. The third kappa shape index (κ3) is 3.78. The van der Waals surface area contributed by atoms with Gasteiger partial charge in [0.2, 0.25) is 5.91 Å². The van der Waals surface area contributed by atoms with Gasteiger partial charge in [-0.25, -0.2) is 4.79 Å². The first-order valence-corrected chi connectivity index (χ1v) is 6.12. The van der Waals surface area contributed by atoms with E-state index in [0.29, 0.717) is 17.9 Å². The van der Waals surface area contributed by atoms with E-state index in [9.17, 15) is 9.59 Å². The standard InChI is InChI=1S/C12H19N3O4/c1-4-19-12(18)10-8(2)14-15(3)11(10)13-9(17)6-5-7-16/h16H,4-7H2,1-3H3,(H,13,17). The lowest BCUT2D eigenvalue weighted by molar-refractivity contribution is -0.116. The van der Waals surface area contributed by atoms with Gasteiger partial charge in [0.15, 0.2) is 0 Å². The van der Waals surface area contributed by atoms with E-state index in [4.69, 9.17) is 9.84 Å². The third-order valence-electron chi connectivity index (χ3n) is 2.52. The second-order valence-corrected chi connectivity index (χ2v) is 4.03. The molecule has 7 nitrogen and oxygen atoms in total. The van der Waals surface area contributed by atoms with Gasteiger partial charge < -0.3 is 15.2 Å². The molecule has 2 N–H and O–H groups in total. The fraction of sp³-hybridized carbons (Fsp3) is 0.583. The number of carbonyl (C=O) groups excluding carboxylic acids is 2. The summed E-state index contributed by atoms with van der Waals surface area (Å²) in [5.74, 6) is -0.466. The maximum atomic E-state index is 11.8. The normalized spacial score (nSPS) is 10.3. The highest BCUT2D eigenvalue weighted by atomic mass is 16.5. The van der Waals surface area contributed by atoms with Crippen LogP contribution in [0.4, 0.5) is 5.82 Å². The minimum atomic E-state index is -0.509. The molecule has 7 heteroatoms. The maximum absolute atomic E-state index is 11.8. The minimum Gasteiger partial charge on any atom is -0.462 e. The topological polar surface area (TPSA) is 93.5 Å². The second-order valence-electron chi connectivity index (χ2n) is 4.03. The number of aryl methyl sites for hydroxylation is 2. The van der Waals surface area contributed by atoms with Crippen molar-refractivity contribution in [2.75, 3.05) is 18.5 Å². The molecule has 0 aliphatic heterocycles. The van der Waals surface area contributed by atoms with Crippen LogP contribution in [-0.2, 0) is 16.6 Å². The molecule has 1 rings (SSSR count). The number of ether oxygens (including phenoxy) is 1. The van der Waals surface area contributed by atoms with Gasteiger partial charge >= 0.3 is 5.97 Å². The van der Waals surface area contributed by atoms with Crippen molar-refractivity contribution in [1.29, 1.82) is 0 Å². The Balaban J connectivity index is 2.93. The average molecular weight is 269 g/mol. The van der Waals surface area contributed by atoms with Crippen LogP contribution in [0.25, 0.3) is 0 Å². The smallest absolute Gasteiger partial charge is 0.343 e. The predicted octanol–water partition coefficient (Wildman–Crippen LogP) is 0.616. The molecule has 0 saturated carbocycles. The van der Waals surface area contributed by atoms with Gasteiger partial charge in [-0.15, -0.1) is 0 Å². The van der Waals surface area contributed by atoms with Gasteiger partial charge in [-0.05, 0) is 20.3 Å². The van der Waals surface area contributed by atoms with Gasteiger partial charge in [0, 0.05) is 20.1 Å². The van der Waals surface area contributed by atoms with Crippen LogP contribution in [0.5, 0.6) is 0 Å². The van der Waals surface area contributed by atoms with Crippen LogP contribution in [0.2, 0.25) is 0 Å². The zero-order valence-corrected chi connectivity index (χ0v) is 11.4. The number of anilines is 1. The highest BCUT2D eigenvalue weighted by Gasteiger charge is 2.22. The maximum Gasteiger partial charge on any atom is 0.343 e. The highest BCUT2D eigenvalue weighted by Crippen LogP contribution is 2.20. The van der Waals surface area contributed by atoms with Crippen molar-refractivity contribution in [3.8, 4) is 0 Å². The van der Waals surface area contributed by atoms with Crippen molar-refractivity contribution >= 4 is 17.7 Å². The molecule has 0 bridgehead atoms. The molecule has 0 spiro atoms. The van der Waals surface area contributed by atoms with Crippen LogP contribution < -0.4 is 5.32 Å². The molecule has 1 aromatic rings. The lowest BCUT2D eigenvalue weighted by Crippen LogP contribution is -2.17. The molecule has 1 heterocycles. The molecular weight excluding hydrogens is 250 g/mol. The molecule has 0 atom stereocenters. The van der Waals surface area contributed by atoms with E-state index >= 15 is 0 Å². The SMILES string of the molecule is CCOC(=O)c1c(C)nn(C)c1NC(=O)CCCO. The van der Waals surface area contributed by atoms with E-state index in [2.05, 4.69) is 10.4 Å². The lowest BCUT2D eigenvalue weighted by atomic mass is 10.2. The van der Waals surface area contributed by atoms with Crippen molar-refractivity contribution in [1.82, 2.24) is 9.78 Å². The van der Waals surface area contributed by atoms with Crippen molar-refractivity contribution in [2.45, 2.75) is 26.7 Å². The Hall–Kier alpha value is -1.89. The number of aliphatic hydroxyl groups is 1. The van der Waals surface area contributed by atoms with E-state index in [-0.39, 0.29) is 31.1 Å². The summed E-state index contributed by atoms with van der Waals surface area (Å²) < 4.78 is 6.37. The van der Waals surface area contributed by atoms with E-state index in [1.165, 1.54) is 4.68 Å². The summed E-state index contributed by atoms with van der Waals surface area (Å²) >= 11 is 0. The predicted molar refractivity (Wildman–Crippen MR) is 68.9 cm³/mol. The van der Waals surface area contributed by atoms with Crippen LogP contribution >= 0.6 is 0 Å². The molecule has 0 radical (unpaired) electrons. The number of aromatic nitrogens is 2. The molecule has 0 unspecified atom stereocenters. The van der Waals surface area contributed by atoms with Crippen molar-refractivity contribution in [3.63, 3.8) is 0 Å². The summed E-state index contributed by atoms with van der Waals surface area (Å²) in [6, 6.07) is 0. The fourth-order valence-electron chi connectivity index (χ4n) is 1.68. The van der Waals surface area contributed by atoms with Gasteiger partial charge in [0.1, 0.15) is 11.4 Å². The number of carbonyl (C=O) groups is 2. The van der Waals surface area contributed by atoms with Crippen molar-refractivity contribution in [2.24, 2.45) is 7.05 Å². The molecule has 0 aromatic carbocycles. The van der Waals surface area contributed by atoms with E-state index in [0.717, 1.165) is 0 Å². The Morgan fingerprint density at radius 2 is 2.16 bits per heavy atom. The van der Waals surface area contributed by atoms with E-state index < -0.39 is 5.97 Å². The number of amides is 1. The van der Waals surface area contributed by atoms with Crippen LogP contribution in [0.3, 0.4) is 0 Å². The molecule has 0 fully saturated rings. The molecule has 19 heavy (non-hydrogen) atoms. The molecule has 0 saturated heterocycles. The van der Waals surface area contributed by atoms with Crippen molar-refractivity contribution < 1.29 is 19.4 Å². The number of nitrogens with zero attached hydrogens (tertiary/aromatic N) is 2. The van der Waals surface area contributed by atoms with Gasteiger partial charge in [-0.3, -0.25) is 9.48 Å². The van der Waals surface area contributed by atoms with Gasteiger partial charge in [0.05, 0.1) is 12.3 Å².